The Morgan fingerprint density at radius 3 is 2.76 bits per heavy atom. The first-order valence-electron chi connectivity index (χ1n) is 8.82. The summed E-state index contributed by atoms with van der Waals surface area (Å²) in [5.74, 6) is -0.00169. The third-order valence-corrected chi connectivity index (χ3v) is 5.19. The van der Waals surface area contributed by atoms with Crippen LogP contribution in [0.1, 0.15) is 32.1 Å². The SMILES string of the molecule is O=C1CC(NC(=O)N2CCCCC2CCO)CN1c1ccc(Cl)cc1. The van der Waals surface area contributed by atoms with Crippen molar-refractivity contribution in [3.8, 4) is 0 Å². The van der Waals surface area contributed by atoms with Crippen molar-refractivity contribution in [2.75, 3.05) is 24.6 Å². The number of urea groups is 1. The summed E-state index contributed by atoms with van der Waals surface area (Å²) in [5.41, 5.74) is 0.794. The molecule has 3 rings (SSSR count). The molecule has 0 spiro atoms. The highest BCUT2D eigenvalue weighted by atomic mass is 35.5. The number of benzene rings is 1. The van der Waals surface area contributed by atoms with E-state index in [0.29, 0.717) is 31.0 Å². The topological polar surface area (TPSA) is 72.9 Å². The van der Waals surface area contributed by atoms with Crippen LogP contribution in [0.3, 0.4) is 0 Å². The monoisotopic (exact) mass is 365 g/mol. The van der Waals surface area contributed by atoms with Gasteiger partial charge < -0.3 is 20.2 Å². The van der Waals surface area contributed by atoms with Crippen LogP contribution in [0, 0.1) is 0 Å². The summed E-state index contributed by atoms with van der Waals surface area (Å²) in [7, 11) is 0. The highest BCUT2D eigenvalue weighted by Crippen LogP contribution is 2.24. The Morgan fingerprint density at radius 1 is 1.28 bits per heavy atom. The number of nitrogens with zero attached hydrogens (tertiary/aromatic N) is 2. The summed E-state index contributed by atoms with van der Waals surface area (Å²) in [6.45, 7) is 1.25. The van der Waals surface area contributed by atoms with Gasteiger partial charge in [0.15, 0.2) is 0 Å². The molecule has 0 saturated carbocycles. The lowest BCUT2D eigenvalue weighted by molar-refractivity contribution is -0.117. The Bertz CT molecular complexity index is 620. The summed E-state index contributed by atoms with van der Waals surface area (Å²) < 4.78 is 0. The fourth-order valence-corrected chi connectivity index (χ4v) is 3.78. The largest absolute Gasteiger partial charge is 0.396 e. The lowest BCUT2D eigenvalue weighted by Crippen LogP contribution is -2.52. The highest BCUT2D eigenvalue weighted by molar-refractivity contribution is 6.30. The van der Waals surface area contributed by atoms with Gasteiger partial charge in [0.25, 0.3) is 0 Å². The fraction of sp³-hybridized carbons (Fsp3) is 0.556. The number of hydrogen-bond donors (Lipinski definition) is 2. The first-order valence-corrected chi connectivity index (χ1v) is 9.20. The van der Waals surface area contributed by atoms with Crippen LogP contribution in [-0.4, -0.2) is 53.7 Å². The predicted octanol–water partition coefficient (Wildman–Crippen LogP) is 2.39. The molecule has 1 aromatic rings. The van der Waals surface area contributed by atoms with E-state index in [2.05, 4.69) is 5.32 Å². The summed E-state index contributed by atoms with van der Waals surface area (Å²) in [6.07, 6.45) is 3.89. The molecule has 2 N–H and O–H groups in total. The van der Waals surface area contributed by atoms with Crippen LogP contribution in [0.15, 0.2) is 24.3 Å². The van der Waals surface area contributed by atoms with Gasteiger partial charge in [0, 0.05) is 42.9 Å². The van der Waals surface area contributed by atoms with E-state index in [1.165, 1.54) is 0 Å². The van der Waals surface area contributed by atoms with Crippen molar-refractivity contribution in [2.24, 2.45) is 0 Å². The number of piperidine rings is 1. The van der Waals surface area contributed by atoms with Gasteiger partial charge in [-0.15, -0.1) is 0 Å². The summed E-state index contributed by atoms with van der Waals surface area (Å²) in [5, 5.41) is 12.8. The van der Waals surface area contributed by atoms with Crippen LogP contribution in [0.25, 0.3) is 0 Å². The van der Waals surface area contributed by atoms with Crippen molar-refractivity contribution in [3.05, 3.63) is 29.3 Å². The van der Waals surface area contributed by atoms with Gasteiger partial charge in [-0.3, -0.25) is 4.79 Å². The Labute approximate surface area is 152 Å². The number of likely N-dealkylation sites (tertiary alicyclic amines) is 1. The van der Waals surface area contributed by atoms with Gasteiger partial charge in [-0.2, -0.15) is 0 Å². The lowest BCUT2D eigenvalue weighted by Gasteiger charge is -2.36. The number of nitrogens with one attached hydrogen (secondary N) is 1. The van der Waals surface area contributed by atoms with Crippen LogP contribution in [0.4, 0.5) is 10.5 Å². The zero-order chi connectivity index (χ0) is 17.8. The van der Waals surface area contributed by atoms with E-state index in [4.69, 9.17) is 11.6 Å². The zero-order valence-electron chi connectivity index (χ0n) is 14.2. The number of carbonyl (C=O) groups excluding carboxylic acids is 2. The Balaban J connectivity index is 1.60. The van der Waals surface area contributed by atoms with Gasteiger partial charge in [-0.1, -0.05) is 11.6 Å². The van der Waals surface area contributed by atoms with Crippen LogP contribution < -0.4 is 10.2 Å². The van der Waals surface area contributed by atoms with E-state index < -0.39 is 0 Å². The predicted molar refractivity (Wildman–Crippen MR) is 96.8 cm³/mol. The van der Waals surface area contributed by atoms with Gasteiger partial charge in [-0.25, -0.2) is 4.79 Å². The van der Waals surface area contributed by atoms with Gasteiger partial charge in [0.05, 0.1) is 6.04 Å². The molecule has 25 heavy (non-hydrogen) atoms. The maximum atomic E-state index is 12.6. The third kappa shape index (κ3) is 4.25. The average Bonchev–Trinajstić information content (AvgIpc) is 2.96. The quantitative estimate of drug-likeness (QED) is 0.860. The van der Waals surface area contributed by atoms with Crippen molar-refractivity contribution in [1.29, 1.82) is 0 Å². The Kier molecular flexibility index (Phi) is 5.81. The second-order valence-electron chi connectivity index (χ2n) is 6.69. The van der Waals surface area contributed by atoms with Crippen LogP contribution in [-0.2, 0) is 4.79 Å². The number of amides is 3. The number of hydrogen-bond acceptors (Lipinski definition) is 3. The van der Waals surface area contributed by atoms with Gasteiger partial charge in [-0.05, 0) is 49.9 Å². The Morgan fingerprint density at radius 2 is 2.04 bits per heavy atom. The summed E-state index contributed by atoms with van der Waals surface area (Å²) in [6, 6.07) is 6.88. The number of carbonyl (C=O) groups is 2. The summed E-state index contributed by atoms with van der Waals surface area (Å²) >= 11 is 5.89. The number of halogens is 1. The molecule has 2 aliphatic rings. The normalized spacial score (nSPS) is 23.8. The maximum Gasteiger partial charge on any atom is 0.317 e. The first-order chi connectivity index (χ1) is 12.1. The van der Waals surface area contributed by atoms with Gasteiger partial charge in [0.1, 0.15) is 0 Å². The minimum absolute atomic E-state index is 0.00169. The van der Waals surface area contributed by atoms with E-state index in [9.17, 15) is 14.7 Å². The molecule has 0 aliphatic carbocycles. The average molecular weight is 366 g/mol. The smallest absolute Gasteiger partial charge is 0.317 e. The maximum absolute atomic E-state index is 12.6. The molecule has 0 bridgehead atoms. The standard InChI is InChI=1S/C18H24ClN3O3/c19-13-4-6-16(7-5-13)22-12-14(11-17(22)24)20-18(25)21-9-2-1-3-15(21)8-10-23/h4-7,14-15,23H,1-3,8-12H2,(H,20,25). The van der Waals surface area contributed by atoms with Gasteiger partial charge >= 0.3 is 6.03 Å². The molecule has 2 heterocycles. The molecule has 2 aliphatic heterocycles. The molecule has 2 saturated heterocycles. The van der Waals surface area contributed by atoms with Crippen LogP contribution in [0.5, 0.6) is 0 Å². The second kappa shape index (κ2) is 8.06. The van der Waals surface area contributed by atoms with Crippen molar-refractivity contribution < 1.29 is 14.7 Å². The molecule has 0 radical (unpaired) electrons. The molecular weight excluding hydrogens is 342 g/mol. The highest BCUT2D eigenvalue weighted by Gasteiger charge is 2.34. The molecule has 3 amide bonds. The first kappa shape index (κ1) is 18.0. The lowest BCUT2D eigenvalue weighted by atomic mass is 10.00. The molecule has 2 atom stereocenters. The van der Waals surface area contributed by atoms with E-state index in [1.807, 2.05) is 17.0 Å². The third-order valence-electron chi connectivity index (χ3n) is 4.94. The van der Waals surface area contributed by atoms with E-state index in [-0.39, 0.29) is 30.6 Å². The minimum Gasteiger partial charge on any atom is -0.396 e. The molecular formula is C18H24ClN3O3. The zero-order valence-corrected chi connectivity index (χ0v) is 14.9. The number of aliphatic hydroxyl groups is 1. The molecule has 6 nitrogen and oxygen atoms in total. The van der Waals surface area contributed by atoms with Crippen molar-refractivity contribution in [3.63, 3.8) is 0 Å². The number of anilines is 1. The molecule has 2 unspecified atom stereocenters. The second-order valence-corrected chi connectivity index (χ2v) is 7.12. The minimum atomic E-state index is -0.201. The van der Waals surface area contributed by atoms with E-state index in [1.54, 1.807) is 17.0 Å². The fourth-order valence-electron chi connectivity index (χ4n) is 3.65. The van der Waals surface area contributed by atoms with E-state index in [0.717, 1.165) is 24.9 Å². The van der Waals surface area contributed by atoms with Crippen molar-refractivity contribution in [2.45, 2.75) is 44.2 Å². The molecule has 1 aromatic carbocycles. The van der Waals surface area contributed by atoms with Crippen molar-refractivity contribution >= 4 is 29.2 Å². The van der Waals surface area contributed by atoms with Crippen LogP contribution >= 0.6 is 11.6 Å². The van der Waals surface area contributed by atoms with Crippen molar-refractivity contribution in [1.82, 2.24) is 10.2 Å². The molecule has 0 aromatic heterocycles. The number of rotatable bonds is 4. The molecule has 2 fully saturated rings. The number of aliphatic hydroxyl groups excluding tert-OH is 1. The Hall–Kier alpha value is -1.79. The molecule has 136 valence electrons. The van der Waals surface area contributed by atoms with Gasteiger partial charge in [0.2, 0.25) is 5.91 Å². The van der Waals surface area contributed by atoms with Crippen LogP contribution in [0.2, 0.25) is 5.02 Å². The molecule has 7 heteroatoms. The summed E-state index contributed by atoms with van der Waals surface area (Å²) in [4.78, 5) is 28.4. The van der Waals surface area contributed by atoms with E-state index >= 15 is 0 Å².